The van der Waals surface area contributed by atoms with Crippen LogP contribution in [0.15, 0.2) is 11.1 Å². The Morgan fingerprint density at radius 1 is 1.54 bits per heavy atom. The minimum Gasteiger partial charge on any atom is -0.303 e. The zero-order valence-electron chi connectivity index (χ0n) is 8.61. The van der Waals surface area contributed by atoms with E-state index in [4.69, 9.17) is 0 Å². The molecule has 0 fully saturated rings. The Morgan fingerprint density at radius 2 is 2.15 bits per heavy atom. The molecule has 0 saturated carbocycles. The van der Waals surface area contributed by atoms with Gasteiger partial charge in [-0.2, -0.15) is 0 Å². The van der Waals surface area contributed by atoms with Crippen LogP contribution in [0.4, 0.5) is 0 Å². The first-order chi connectivity index (χ1) is 6.10. The van der Waals surface area contributed by atoms with Crippen LogP contribution >= 0.6 is 15.9 Å². The molecule has 0 saturated heterocycles. The van der Waals surface area contributed by atoms with E-state index in [1.807, 2.05) is 0 Å². The topological polar surface area (TPSA) is 17.1 Å². The van der Waals surface area contributed by atoms with Gasteiger partial charge in [-0.1, -0.05) is 49.2 Å². The molecule has 0 aromatic heterocycles. The monoisotopic (exact) mass is 246 g/mol. The second-order valence-electron chi connectivity index (χ2n) is 3.63. The second kappa shape index (κ2) is 6.36. The van der Waals surface area contributed by atoms with Crippen molar-refractivity contribution in [3.05, 3.63) is 11.1 Å². The van der Waals surface area contributed by atoms with Crippen molar-refractivity contribution in [1.82, 2.24) is 0 Å². The van der Waals surface area contributed by atoms with Gasteiger partial charge in [0, 0.05) is 5.41 Å². The van der Waals surface area contributed by atoms with E-state index in [0.717, 1.165) is 42.9 Å². The molecule has 13 heavy (non-hydrogen) atoms. The van der Waals surface area contributed by atoms with Crippen LogP contribution in [0.1, 0.15) is 46.0 Å². The molecule has 0 radical (unpaired) electrons. The van der Waals surface area contributed by atoms with Crippen molar-refractivity contribution >= 4 is 22.2 Å². The summed E-state index contributed by atoms with van der Waals surface area (Å²) in [5.41, 5.74) is -0.170. The molecule has 0 amide bonds. The molecule has 1 atom stereocenters. The Bertz CT molecular complexity index is 177. The number of carbonyl (C=O) groups excluding carboxylic acids is 1. The normalized spacial score (nSPS) is 15.0. The third-order valence-corrected chi connectivity index (χ3v) is 2.81. The minimum absolute atomic E-state index is 0.170. The maximum absolute atomic E-state index is 11.0. The SMILES string of the molecule is C=C(Br)CC(C=O)(CC)CCCC. The Kier molecular flexibility index (Phi) is 6.31. The summed E-state index contributed by atoms with van der Waals surface area (Å²) >= 11 is 3.33. The maximum atomic E-state index is 11.0. The molecule has 0 aliphatic heterocycles. The molecule has 1 nitrogen and oxygen atoms in total. The van der Waals surface area contributed by atoms with Crippen LogP contribution in [-0.4, -0.2) is 6.29 Å². The van der Waals surface area contributed by atoms with Crippen molar-refractivity contribution in [1.29, 1.82) is 0 Å². The van der Waals surface area contributed by atoms with Crippen LogP contribution in [0.5, 0.6) is 0 Å². The van der Waals surface area contributed by atoms with Crippen molar-refractivity contribution in [3.63, 3.8) is 0 Å². The van der Waals surface area contributed by atoms with E-state index < -0.39 is 0 Å². The summed E-state index contributed by atoms with van der Waals surface area (Å²) in [5.74, 6) is 0. The number of unbranched alkanes of at least 4 members (excludes halogenated alkanes) is 1. The summed E-state index contributed by atoms with van der Waals surface area (Å²) in [4.78, 5) is 11.0. The van der Waals surface area contributed by atoms with E-state index in [1.165, 1.54) is 0 Å². The van der Waals surface area contributed by atoms with Crippen molar-refractivity contribution in [2.45, 2.75) is 46.0 Å². The largest absolute Gasteiger partial charge is 0.303 e. The highest BCUT2D eigenvalue weighted by Crippen LogP contribution is 2.34. The molecule has 2 heteroatoms. The molecule has 0 aromatic rings. The van der Waals surface area contributed by atoms with E-state index >= 15 is 0 Å². The molecule has 0 aliphatic rings. The molecule has 0 aromatic carbocycles. The predicted molar refractivity (Wildman–Crippen MR) is 61.0 cm³/mol. The lowest BCUT2D eigenvalue weighted by atomic mass is 9.79. The maximum Gasteiger partial charge on any atom is 0.126 e. The number of allylic oxidation sites excluding steroid dienone is 1. The minimum atomic E-state index is -0.170. The molecule has 76 valence electrons. The van der Waals surface area contributed by atoms with Crippen LogP contribution < -0.4 is 0 Å². The predicted octanol–water partition coefficient (Wildman–Crippen LogP) is 4.07. The van der Waals surface area contributed by atoms with Gasteiger partial charge in [-0.05, 0) is 23.7 Å². The molecule has 0 heterocycles. The van der Waals surface area contributed by atoms with Crippen LogP contribution in [0.2, 0.25) is 0 Å². The fraction of sp³-hybridized carbons (Fsp3) is 0.727. The highest BCUT2D eigenvalue weighted by Gasteiger charge is 2.27. The Balaban J connectivity index is 4.30. The Morgan fingerprint density at radius 3 is 2.46 bits per heavy atom. The van der Waals surface area contributed by atoms with E-state index in [-0.39, 0.29) is 5.41 Å². The van der Waals surface area contributed by atoms with Gasteiger partial charge in [-0.15, -0.1) is 0 Å². The first-order valence-electron chi connectivity index (χ1n) is 4.90. The van der Waals surface area contributed by atoms with Gasteiger partial charge in [0.15, 0.2) is 0 Å². The van der Waals surface area contributed by atoms with Gasteiger partial charge in [-0.3, -0.25) is 0 Å². The number of hydrogen-bond donors (Lipinski definition) is 0. The number of halogens is 1. The quantitative estimate of drug-likeness (QED) is 0.620. The molecule has 0 aliphatic carbocycles. The molecule has 1 unspecified atom stereocenters. The van der Waals surface area contributed by atoms with Crippen LogP contribution in [-0.2, 0) is 4.79 Å². The van der Waals surface area contributed by atoms with Crippen LogP contribution in [0.25, 0.3) is 0 Å². The summed E-state index contributed by atoms with van der Waals surface area (Å²) in [5, 5.41) is 0. The number of hydrogen-bond acceptors (Lipinski definition) is 1. The van der Waals surface area contributed by atoms with E-state index in [0.29, 0.717) is 0 Å². The zero-order valence-corrected chi connectivity index (χ0v) is 10.2. The van der Waals surface area contributed by atoms with Crippen molar-refractivity contribution in [2.75, 3.05) is 0 Å². The van der Waals surface area contributed by atoms with Crippen LogP contribution in [0.3, 0.4) is 0 Å². The van der Waals surface area contributed by atoms with Gasteiger partial charge in [0.1, 0.15) is 6.29 Å². The summed E-state index contributed by atoms with van der Waals surface area (Å²) in [7, 11) is 0. The van der Waals surface area contributed by atoms with E-state index in [1.54, 1.807) is 0 Å². The number of rotatable bonds is 7. The Labute approximate surface area is 89.7 Å². The molecular formula is C11H19BrO. The summed E-state index contributed by atoms with van der Waals surface area (Å²) in [6.45, 7) is 8.02. The fourth-order valence-electron chi connectivity index (χ4n) is 1.48. The highest BCUT2D eigenvalue weighted by atomic mass is 79.9. The van der Waals surface area contributed by atoms with E-state index in [2.05, 4.69) is 36.4 Å². The van der Waals surface area contributed by atoms with Crippen LogP contribution in [0, 0.1) is 5.41 Å². The van der Waals surface area contributed by atoms with Gasteiger partial charge < -0.3 is 4.79 Å². The average Bonchev–Trinajstić information content (AvgIpc) is 2.12. The molecule has 0 spiro atoms. The molecule has 0 rings (SSSR count). The molecule has 0 bridgehead atoms. The van der Waals surface area contributed by atoms with Gasteiger partial charge in [0.05, 0.1) is 0 Å². The second-order valence-corrected chi connectivity index (χ2v) is 4.75. The first-order valence-corrected chi connectivity index (χ1v) is 5.69. The summed E-state index contributed by atoms with van der Waals surface area (Å²) in [6, 6.07) is 0. The standard InChI is InChI=1S/C11H19BrO/c1-4-6-7-11(5-2,9-13)8-10(3)12/h9H,3-8H2,1-2H3. The van der Waals surface area contributed by atoms with Crippen molar-refractivity contribution in [3.8, 4) is 0 Å². The highest BCUT2D eigenvalue weighted by molar-refractivity contribution is 9.11. The number of carbonyl (C=O) groups is 1. The Hall–Kier alpha value is -0.110. The smallest absolute Gasteiger partial charge is 0.126 e. The van der Waals surface area contributed by atoms with Crippen molar-refractivity contribution < 1.29 is 4.79 Å². The summed E-state index contributed by atoms with van der Waals surface area (Å²) < 4.78 is 0.928. The van der Waals surface area contributed by atoms with Gasteiger partial charge in [0.25, 0.3) is 0 Å². The molecular weight excluding hydrogens is 228 g/mol. The third kappa shape index (κ3) is 4.61. The zero-order chi connectivity index (χ0) is 10.3. The molecule has 0 N–H and O–H groups in total. The third-order valence-electron chi connectivity index (χ3n) is 2.53. The lowest BCUT2D eigenvalue weighted by molar-refractivity contribution is -0.116. The van der Waals surface area contributed by atoms with Crippen molar-refractivity contribution in [2.24, 2.45) is 5.41 Å². The van der Waals surface area contributed by atoms with E-state index in [9.17, 15) is 4.79 Å². The lowest BCUT2D eigenvalue weighted by Gasteiger charge is -2.25. The number of aldehydes is 1. The fourth-order valence-corrected chi connectivity index (χ4v) is 2.04. The average molecular weight is 247 g/mol. The van der Waals surface area contributed by atoms with Gasteiger partial charge in [-0.25, -0.2) is 0 Å². The van der Waals surface area contributed by atoms with Gasteiger partial charge in [0.2, 0.25) is 0 Å². The first kappa shape index (κ1) is 12.9. The summed E-state index contributed by atoms with van der Waals surface area (Å²) in [6.07, 6.45) is 6.02. The lowest BCUT2D eigenvalue weighted by Crippen LogP contribution is -2.21. The van der Waals surface area contributed by atoms with Gasteiger partial charge >= 0.3 is 0 Å².